The van der Waals surface area contributed by atoms with Crippen LogP contribution in [0.4, 0.5) is 0 Å². The van der Waals surface area contributed by atoms with E-state index in [1.54, 1.807) is 6.92 Å². The van der Waals surface area contributed by atoms with Gasteiger partial charge in [-0.1, -0.05) is 6.58 Å². The number of carbonyl (C=O) groups excluding carboxylic acids is 1. The topological polar surface area (TPSA) is 41.1 Å². The lowest BCUT2D eigenvalue weighted by Gasteiger charge is -2.28. The predicted octanol–water partition coefficient (Wildman–Crippen LogP) is 2.05. The Morgan fingerprint density at radius 2 is 1.50 bits per heavy atom. The molecule has 0 aliphatic heterocycles. The maximum absolute atomic E-state index is 10.8. The van der Waals surface area contributed by atoms with Crippen LogP contribution in [0.5, 0.6) is 0 Å². The Labute approximate surface area is 98.7 Å². The van der Waals surface area contributed by atoms with Gasteiger partial charge in [0.25, 0.3) is 0 Å². The Bertz CT molecular complexity index is 216. The Morgan fingerprint density at radius 1 is 1.06 bits per heavy atom. The van der Waals surface area contributed by atoms with E-state index in [2.05, 4.69) is 17.2 Å². The van der Waals surface area contributed by atoms with E-state index in [1.165, 1.54) is 25.7 Å². The van der Waals surface area contributed by atoms with Crippen molar-refractivity contribution in [3.8, 4) is 0 Å². The zero-order chi connectivity index (χ0) is 12.0. The normalized spacial score (nSPS) is 24.9. The molecule has 0 aromatic carbocycles. The number of nitrogens with one attached hydrogen (secondary N) is 2. The summed E-state index contributed by atoms with van der Waals surface area (Å²) in [5, 5.41) is 6.23. The average molecular weight is 224 g/mol. The standard InChI is InChI=1S/C13H24N2O/c1-10(2)14-8-12-4-6-13(7-5-12)9-15-11(3)16/h12-14H,1,4-9H2,2-3H3,(H,15,16). The first-order valence-corrected chi connectivity index (χ1v) is 6.21. The molecule has 0 heterocycles. The lowest BCUT2D eigenvalue weighted by Crippen LogP contribution is -2.31. The number of allylic oxidation sites excluding steroid dienone is 1. The van der Waals surface area contributed by atoms with Gasteiger partial charge >= 0.3 is 0 Å². The van der Waals surface area contributed by atoms with Gasteiger partial charge in [-0.15, -0.1) is 0 Å². The van der Waals surface area contributed by atoms with E-state index in [-0.39, 0.29) is 5.91 Å². The first-order chi connectivity index (χ1) is 7.58. The molecule has 16 heavy (non-hydrogen) atoms. The molecule has 3 heteroatoms. The highest BCUT2D eigenvalue weighted by Crippen LogP contribution is 2.27. The molecule has 0 aromatic rings. The fraction of sp³-hybridized carbons (Fsp3) is 0.769. The first-order valence-electron chi connectivity index (χ1n) is 6.21. The van der Waals surface area contributed by atoms with Crippen LogP contribution in [0.3, 0.4) is 0 Å². The molecule has 1 aliphatic rings. The molecule has 2 N–H and O–H groups in total. The van der Waals surface area contributed by atoms with Gasteiger partial charge in [-0.05, 0) is 44.4 Å². The zero-order valence-corrected chi connectivity index (χ0v) is 10.5. The van der Waals surface area contributed by atoms with Crippen LogP contribution in [0.1, 0.15) is 39.5 Å². The summed E-state index contributed by atoms with van der Waals surface area (Å²) in [6.45, 7) is 9.35. The van der Waals surface area contributed by atoms with Gasteiger partial charge in [-0.2, -0.15) is 0 Å². The quantitative estimate of drug-likeness (QED) is 0.750. The van der Waals surface area contributed by atoms with E-state index in [9.17, 15) is 4.79 Å². The number of carbonyl (C=O) groups is 1. The highest BCUT2D eigenvalue weighted by molar-refractivity contribution is 5.72. The highest BCUT2D eigenvalue weighted by atomic mass is 16.1. The lowest BCUT2D eigenvalue weighted by molar-refractivity contribution is -0.119. The number of hydrogen-bond donors (Lipinski definition) is 2. The highest BCUT2D eigenvalue weighted by Gasteiger charge is 2.20. The predicted molar refractivity (Wildman–Crippen MR) is 66.9 cm³/mol. The van der Waals surface area contributed by atoms with E-state index >= 15 is 0 Å². The number of amides is 1. The van der Waals surface area contributed by atoms with Gasteiger partial charge in [0.2, 0.25) is 5.91 Å². The molecule has 0 bridgehead atoms. The van der Waals surface area contributed by atoms with Crippen molar-refractivity contribution < 1.29 is 4.79 Å². The second-order valence-corrected chi connectivity index (χ2v) is 4.99. The van der Waals surface area contributed by atoms with Crippen LogP contribution < -0.4 is 10.6 Å². The molecule has 1 amide bonds. The van der Waals surface area contributed by atoms with E-state index < -0.39 is 0 Å². The lowest BCUT2D eigenvalue weighted by atomic mass is 9.82. The minimum atomic E-state index is 0.0890. The van der Waals surface area contributed by atoms with E-state index in [4.69, 9.17) is 0 Å². The minimum absolute atomic E-state index is 0.0890. The van der Waals surface area contributed by atoms with Crippen LogP contribution in [-0.4, -0.2) is 19.0 Å². The zero-order valence-electron chi connectivity index (χ0n) is 10.5. The molecule has 1 rings (SSSR count). The van der Waals surface area contributed by atoms with Gasteiger partial charge in [0, 0.05) is 25.7 Å². The molecule has 1 saturated carbocycles. The Kier molecular flexibility index (Phi) is 5.36. The fourth-order valence-electron chi connectivity index (χ4n) is 2.25. The van der Waals surface area contributed by atoms with E-state index in [0.29, 0.717) is 5.92 Å². The fourth-order valence-corrected chi connectivity index (χ4v) is 2.25. The van der Waals surface area contributed by atoms with Gasteiger partial charge < -0.3 is 10.6 Å². The molecule has 1 aliphatic carbocycles. The molecule has 0 spiro atoms. The van der Waals surface area contributed by atoms with Crippen molar-refractivity contribution in [2.45, 2.75) is 39.5 Å². The van der Waals surface area contributed by atoms with Crippen molar-refractivity contribution in [2.75, 3.05) is 13.1 Å². The van der Waals surface area contributed by atoms with Crippen molar-refractivity contribution in [1.82, 2.24) is 10.6 Å². The molecular weight excluding hydrogens is 200 g/mol. The molecule has 0 saturated heterocycles. The van der Waals surface area contributed by atoms with Gasteiger partial charge in [-0.3, -0.25) is 4.79 Å². The Balaban J connectivity index is 2.13. The second kappa shape index (κ2) is 6.56. The van der Waals surface area contributed by atoms with E-state index in [0.717, 1.165) is 24.7 Å². The maximum Gasteiger partial charge on any atom is 0.216 e. The third kappa shape index (κ3) is 5.19. The molecule has 92 valence electrons. The van der Waals surface area contributed by atoms with Gasteiger partial charge in [0.1, 0.15) is 0 Å². The van der Waals surface area contributed by atoms with Crippen LogP contribution in [-0.2, 0) is 4.79 Å². The van der Waals surface area contributed by atoms with Crippen LogP contribution >= 0.6 is 0 Å². The number of rotatable bonds is 5. The molecule has 0 atom stereocenters. The Morgan fingerprint density at radius 3 is 1.88 bits per heavy atom. The third-order valence-corrected chi connectivity index (χ3v) is 3.30. The van der Waals surface area contributed by atoms with Crippen LogP contribution in [0.15, 0.2) is 12.3 Å². The van der Waals surface area contributed by atoms with Gasteiger partial charge in [-0.25, -0.2) is 0 Å². The summed E-state index contributed by atoms with van der Waals surface area (Å²) < 4.78 is 0. The summed E-state index contributed by atoms with van der Waals surface area (Å²) in [6, 6.07) is 0. The average Bonchev–Trinajstić information content (AvgIpc) is 2.25. The van der Waals surface area contributed by atoms with E-state index in [1.807, 2.05) is 6.92 Å². The summed E-state index contributed by atoms with van der Waals surface area (Å²) in [5.74, 6) is 1.56. The van der Waals surface area contributed by atoms with Crippen molar-refractivity contribution in [1.29, 1.82) is 0 Å². The SMILES string of the molecule is C=C(C)NCC1CCC(CNC(C)=O)CC1. The Hall–Kier alpha value is -0.990. The molecule has 3 nitrogen and oxygen atoms in total. The maximum atomic E-state index is 10.8. The van der Waals surface area contributed by atoms with Gasteiger partial charge in [0.05, 0.1) is 0 Å². The summed E-state index contributed by atoms with van der Waals surface area (Å²) in [6.07, 6.45) is 5.01. The molecular formula is C13H24N2O. The smallest absolute Gasteiger partial charge is 0.216 e. The van der Waals surface area contributed by atoms with Gasteiger partial charge in [0.15, 0.2) is 0 Å². The van der Waals surface area contributed by atoms with Crippen LogP contribution in [0.25, 0.3) is 0 Å². The van der Waals surface area contributed by atoms with Crippen molar-refractivity contribution in [3.63, 3.8) is 0 Å². The number of hydrogen-bond acceptors (Lipinski definition) is 2. The monoisotopic (exact) mass is 224 g/mol. The molecule has 1 fully saturated rings. The second-order valence-electron chi connectivity index (χ2n) is 4.99. The van der Waals surface area contributed by atoms with Crippen molar-refractivity contribution in [3.05, 3.63) is 12.3 Å². The van der Waals surface area contributed by atoms with Crippen molar-refractivity contribution in [2.24, 2.45) is 11.8 Å². The van der Waals surface area contributed by atoms with Crippen LogP contribution in [0, 0.1) is 11.8 Å². The summed E-state index contributed by atoms with van der Waals surface area (Å²) in [7, 11) is 0. The van der Waals surface area contributed by atoms with Crippen molar-refractivity contribution >= 4 is 5.91 Å². The summed E-state index contributed by atoms with van der Waals surface area (Å²) >= 11 is 0. The van der Waals surface area contributed by atoms with Crippen LogP contribution in [0.2, 0.25) is 0 Å². The third-order valence-electron chi connectivity index (χ3n) is 3.30. The molecule has 0 unspecified atom stereocenters. The molecule has 0 radical (unpaired) electrons. The molecule has 0 aromatic heterocycles. The first kappa shape index (κ1) is 13.1. The summed E-state index contributed by atoms with van der Waals surface area (Å²) in [5.41, 5.74) is 1.06. The summed E-state index contributed by atoms with van der Waals surface area (Å²) in [4.78, 5) is 10.8. The minimum Gasteiger partial charge on any atom is -0.389 e. The largest absolute Gasteiger partial charge is 0.389 e.